The summed E-state index contributed by atoms with van der Waals surface area (Å²) in [5.41, 5.74) is -6.48. The van der Waals surface area contributed by atoms with E-state index in [1.165, 1.54) is 43.4 Å². The first kappa shape index (κ1) is 33.8. The van der Waals surface area contributed by atoms with Gasteiger partial charge in [-0.05, 0) is 68.4 Å². The van der Waals surface area contributed by atoms with Gasteiger partial charge in [0.25, 0.3) is 0 Å². The van der Waals surface area contributed by atoms with Gasteiger partial charge in [-0.2, -0.15) is 0 Å². The number of hydrogen-bond acceptors (Lipinski definition) is 13. The molecule has 250 valence electrons. The van der Waals surface area contributed by atoms with Gasteiger partial charge in [-0.3, -0.25) is 24.8 Å². The third kappa shape index (κ3) is 5.45. The average Bonchev–Trinajstić information content (AvgIpc) is 3.20. The molecular formula is C31H37FN2O12. The van der Waals surface area contributed by atoms with Gasteiger partial charge in [-0.1, -0.05) is 30.7 Å². The number of hydrogen-bond donors (Lipinski definition) is 6. The van der Waals surface area contributed by atoms with E-state index in [0.29, 0.717) is 17.6 Å². The van der Waals surface area contributed by atoms with Gasteiger partial charge in [0.15, 0.2) is 23.7 Å². The number of nitrogens with one attached hydrogen (secondary N) is 1. The van der Waals surface area contributed by atoms with Crippen LogP contribution in [-0.4, -0.2) is 91.4 Å². The van der Waals surface area contributed by atoms with Gasteiger partial charge in [-0.25, -0.2) is 14.0 Å². The number of fused-ring (bicyclic) bond motifs is 5. The molecule has 0 bridgehead atoms. The molecule has 4 aliphatic carbocycles. The van der Waals surface area contributed by atoms with Crippen LogP contribution in [0.4, 0.5) is 9.18 Å². The number of benzene rings is 1. The Kier molecular flexibility index (Phi) is 8.98. The lowest BCUT2D eigenvalue weighted by Crippen LogP contribution is -2.69. The summed E-state index contributed by atoms with van der Waals surface area (Å²) < 4.78 is 27.3. The van der Waals surface area contributed by atoms with E-state index in [2.05, 4.69) is 10.2 Å². The molecular weight excluding hydrogens is 611 g/mol. The van der Waals surface area contributed by atoms with Crippen molar-refractivity contribution in [3.05, 3.63) is 53.6 Å². The number of ketones is 2. The van der Waals surface area contributed by atoms with Crippen LogP contribution in [-0.2, 0) is 30.6 Å². The van der Waals surface area contributed by atoms with E-state index < -0.39 is 82.5 Å². The molecule has 0 spiro atoms. The predicted molar refractivity (Wildman–Crippen MR) is 151 cm³/mol. The van der Waals surface area contributed by atoms with Crippen molar-refractivity contribution in [1.29, 1.82) is 0 Å². The minimum atomic E-state index is -2.47. The largest absolute Gasteiger partial charge is 0.456 e. The molecule has 1 aromatic rings. The lowest BCUT2D eigenvalue weighted by atomic mass is 9.44. The number of ether oxygens (including phenoxy) is 2. The Morgan fingerprint density at radius 2 is 1.87 bits per heavy atom. The number of aliphatic hydroxyl groups excluding tert-OH is 2. The zero-order chi connectivity index (χ0) is 33.7. The lowest BCUT2D eigenvalue weighted by Gasteiger charge is -2.62. The average molecular weight is 649 g/mol. The molecule has 0 radical (unpaired) electrons. The normalized spacial score (nSPS) is 36.3. The topological polar surface area (TPSA) is 212 Å². The molecule has 8 atom stereocenters. The zero-order valence-corrected chi connectivity index (χ0v) is 25.2. The van der Waals surface area contributed by atoms with E-state index in [1.807, 2.05) is 0 Å². The minimum absolute atomic E-state index is 0.0454. The van der Waals surface area contributed by atoms with E-state index in [4.69, 9.17) is 19.9 Å². The van der Waals surface area contributed by atoms with Crippen molar-refractivity contribution < 1.29 is 63.6 Å². The first-order chi connectivity index (χ1) is 21.6. The molecule has 0 saturated heterocycles. The standard InChI is InChI=1S/C31H37FN2O12/c1-28-9-8-19(35)11-18(28)6-7-21-22-12-23(36)31(41,29(22,2)13-24(37)30(21,28)32)25(38)16-44-26(39)14-33-27(40)46-20-5-3-4-17(10-20)15-45-34(42)43/h3-5,8-11,21-24,36-37,41-43H,6-7,12-16H2,1-2H3,(H,33,40)/t21-,22-,23?,24-,28-,29-,30-,31-/m0/s1. The number of Topliss-reactive ketones (excluding diaryl/α,β-unsaturated/α-hetero) is 1. The second-order valence-corrected chi connectivity index (χ2v) is 12.8. The summed E-state index contributed by atoms with van der Waals surface area (Å²) in [6.07, 6.45) is -0.102. The third-order valence-electron chi connectivity index (χ3n) is 10.5. The molecule has 1 unspecified atom stereocenters. The van der Waals surface area contributed by atoms with Gasteiger partial charge in [0.05, 0.1) is 24.2 Å². The van der Waals surface area contributed by atoms with E-state index in [-0.39, 0.29) is 37.4 Å². The number of carbonyl (C=O) groups is 4. The van der Waals surface area contributed by atoms with Crippen LogP contribution in [0.5, 0.6) is 5.75 Å². The van der Waals surface area contributed by atoms with Crippen LogP contribution in [0.25, 0.3) is 0 Å². The van der Waals surface area contributed by atoms with Crippen molar-refractivity contribution in [3.8, 4) is 5.75 Å². The van der Waals surface area contributed by atoms with Crippen LogP contribution in [0.15, 0.2) is 48.1 Å². The molecule has 1 aromatic carbocycles. The van der Waals surface area contributed by atoms with Crippen molar-refractivity contribution in [1.82, 2.24) is 10.7 Å². The van der Waals surface area contributed by atoms with Crippen molar-refractivity contribution in [2.45, 2.75) is 69.6 Å². The van der Waals surface area contributed by atoms with Crippen LogP contribution in [0.1, 0.15) is 45.1 Å². The Bertz CT molecular complexity index is 1480. The Morgan fingerprint density at radius 3 is 2.59 bits per heavy atom. The molecule has 6 N–H and O–H groups in total. The fourth-order valence-corrected chi connectivity index (χ4v) is 8.15. The summed E-state index contributed by atoms with van der Waals surface area (Å²) in [6.45, 7) is 1.22. The number of esters is 1. The Hall–Kier alpha value is -3.57. The number of amides is 1. The quantitative estimate of drug-likeness (QED) is 0.166. The zero-order valence-electron chi connectivity index (χ0n) is 25.2. The number of carbonyl (C=O) groups excluding carboxylic acids is 4. The van der Waals surface area contributed by atoms with Crippen LogP contribution in [0, 0.1) is 22.7 Å². The van der Waals surface area contributed by atoms with Gasteiger partial charge in [-0.15, -0.1) is 0 Å². The molecule has 15 heteroatoms. The minimum Gasteiger partial charge on any atom is -0.456 e. The first-order valence-corrected chi connectivity index (χ1v) is 14.8. The Balaban J connectivity index is 1.21. The molecule has 0 aliphatic heterocycles. The van der Waals surface area contributed by atoms with Crippen LogP contribution in [0.3, 0.4) is 0 Å². The van der Waals surface area contributed by atoms with Crippen LogP contribution in [0.2, 0.25) is 0 Å². The highest BCUT2D eigenvalue weighted by Crippen LogP contribution is 2.69. The van der Waals surface area contributed by atoms with E-state index in [9.17, 15) is 34.5 Å². The number of aliphatic hydroxyl groups is 3. The maximum absolute atomic E-state index is 17.2. The molecule has 3 saturated carbocycles. The van der Waals surface area contributed by atoms with E-state index in [0.717, 1.165) is 0 Å². The van der Waals surface area contributed by atoms with Crippen molar-refractivity contribution in [2.24, 2.45) is 22.7 Å². The van der Waals surface area contributed by atoms with Gasteiger partial charge in [0, 0.05) is 16.7 Å². The number of nitrogens with zero attached hydrogens (tertiary/aromatic N) is 1. The van der Waals surface area contributed by atoms with Gasteiger partial charge in [0.2, 0.25) is 5.78 Å². The number of rotatable bonds is 9. The third-order valence-corrected chi connectivity index (χ3v) is 10.5. The number of halogens is 1. The summed E-state index contributed by atoms with van der Waals surface area (Å²) in [7, 11) is 0. The molecule has 0 aromatic heterocycles. The van der Waals surface area contributed by atoms with Crippen LogP contribution >= 0.6 is 0 Å². The molecule has 0 heterocycles. The Morgan fingerprint density at radius 1 is 1.13 bits per heavy atom. The highest BCUT2D eigenvalue weighted by Gasteiger charge is 2.76. The highest BCUT2D eigenvalue weighted by molar-refractivity contribution is 6.01. The second-order valence-electron chi connectivity index (χ2n) is 12.8. The summed E-state index contributed by atoms with van der Waals surface area (Å²) >= 11 is 0. The van der Waals surface area contributed by atoms with Crippen molar-refractivity contribution in [2.75, 3.05) is 13.2 Å². The number of allylic oxidation sites excluding steroid dienone is 4. The summed E-state index contributed by atoms with van der Waals surface area (Å²) in [4.78, 5) is 54.5. The van der Waals surface area contributed by atoms with Crippen molar-refractivity contribution in [3.63, 3.8) is 0 Å². The fourth-order valence-electron chi connectivity index (χ4n) is 8.15. The molecule has 1 amide bonds. The summed E-state index contributed by atoms with van der Waals surface area (Å²) in [5.74, 6) is -3.89. The molecule has 46 heavy (non-hydrogen) atoms. The van der Waals surface area contributed by atoms with Gasteiger partial charge in [0.1, 0.15) is 12.3 Å². The van der Waals surface area contributed by atoms with Crippen LogP contribution < -0.4 is 10.1 Å². The highest BCUT2D eigenvalue weighted by atomic mass is 19.1. The maximum Gasteiger partial charge on any atom is 0.413 e. The van der Waals surface area contributed by atoms with Crippen molar-refractivity contribution >= 4 is 23.6 Å². The smallest absolute Gasteiger partial charge is 0.413 e. The SMILES string of the molecule is C[C@]12C=CC(=O)C=C1CC[C@H]1[C@@H]3CC(O)[C@](O)(C(=O)COC(=O)CNC(=O)Oc4cccc(CON(O)O)c4)[C@@]3(C)C[C@H](O)[C@@]12F. The molecule has 14 nitrogen and oxygen atoms in total. The summed E-state index contributed by atoms with van der Waals surface area (Å²) in [5, 5.41) is 53.2. The monoisotopic (exact) mass is 648 g/mol. The molecule has 4 aliphatic rings. The first-order valence-electron chi connectivity index (χ1n) is 14.8. The number of alkyl halides is 1. The van der Waals surface area contributed by atoms with Gasteiger partial charge >= 0.3 is 12.1 Å². The molecule has 5 rings (SSSR count). The maximum atomic E-state index is 17.2. The lowest BCUT2D eigenvalue weighted by molar-refractivity contribution is -0.497. The van der Waals surface area contributed by atoms with E-state index in [1.54, 1.807) is 13.0 Å². The second kappa shape index (κ2) is 12.2. The summed E-state index contributed by atoms with van der Waals surface area (Å²) in [6, 6.07) is 5.85. The predicted octanol–water partition coefficient (Wildman–Crippen LogP) is 1.47. The Labute approximate surface area is 262 Å². The molecule has 3 fully saturated rings. The van der Waals surface area contributed by atoms with E-state index >= 15 is 4.39 Å². The fraction of sp³-hybridized carbons (Fsp3) is 0.548. The van der Waals surface area contributed by atoms with Gasteiger partial charge < -0.3 is 30.1 Å².